The van der Waals surface area contributed by atoms with Crippen molar-refractivity contribution in [2.75, 3.05) is 0 Å². The molecule has 13 heteroatoms. The van der Waals surface area contributed by atoms with Gasteiger partial charge in [0.15, 0.2) is 0 Å². The molecule has 0 radical (unpaired) electrons. The zero-order valence-corrected chi connectivity index (χ0v) is 20.6. The summed E-state index contributed by atoms with van der Waals surface area (Å²) < 4.78 is 0. The number of nitrogens with two attached hydrogens (primary N) is 1. The summed E-state index contributed by atoms with van der Waals surface area (Å²) in [6, 6.07) is -5.01. The van der Waals surface area contributed by atoms with Gasteiger partial charge in [0.1, 0.15) is 18.1 Å². The number of rotatable bonds is 17. The second-order valence-corrected chi connectivity index (χ2v) is 8.93. The molecule has 0 saturated carbocycles. The Kier molecular flexibility index (Phi) is 14.2. The van der Waals surface area contributed by atoms with Crippen LogP contribution in [0.3, 0.4) is 0 Å². The lowest BCUT2D eigenvalue weighted by Gasteiger charge is -2.26. The highest BCUT2D eigenvalue weighted by Crippen LogP contribution is 2.10. The fourth-order valence-corrected chi connectivity index (χ4v) is 3.18. The second kappa shape index (κ2) is 15.6. The number of carboxylic acid groups (broad SMARTS) is 3. The van der Waals surface area contributed by atoms with Gasteiger partial charge in [0.25, 0.3) is 0 Å². The number of hydrogen-bond acceptors (Lipinski definition) is 7. The van der Waals surface area contributed by atoms with Crippen molar-refractivity contribution in [1.82, 2.24) is 16.0 Å². The smallest absolute Gasteiger partial charge is 0.326 e. The number of amides is 3. The first kappa shape index (κ1) is 31.8. The van der Waals surface area contributed by atoms with Gasteiger partial charge >= 0.3 is 17.9 Å². The van der Waals surface area contributed by atoms with Gasteiger partial charge in [-0.25, -0.2) is 4.79 Å². The number of carbonyl (C=O) groups is 6. The summed E-state index contributed by atoms with van der Waals surface area (Å²) >= 11 is 0. The average molecular weight is 503 g/mol. The molecule has 0 aromatic rings. The van der Waals surface area contributed by atoms with E-state index in [1.54, 1.807) is 13.8 Å². The Bertz CT molecular complexity index is 772. The van der Waals surface area contributed by atoms with Gasteiger partial charge in [-0.2, -0.15) is 0 Å². The van der Waals surface area contributed by atoms with E-state index in [0.29, 0.717) is 12.8 Å². The molecule has 0 saturated heterocycles. The highest BCUT2D eigenvalue weighted by Gasteiger charge is 2.32. The van der Waals surface area contributed by atoms with Gasteiger partial charge in [0.05, 0.1) is 6.04 Å². The van der Waals surface area contributed by atoms with E-state index in [4.69, 9.17) is 15.9 Å². The molecule has 0 spiro atoms. The van der Waals surface area contributed by atoms with Crippen LogP contribution in [-0.4, -0.2) is 75.1 Å². The topological polar surface area (TPSA) is 225 Å². The van der Waals surface area contributed by atoms with E-state index >= 15 is 0 Å². The van der Waals surface area contributed by atoms with Gasteiger partial charge in [0.2, 0.25) is 17.7 Å². The zero-order chi connectivity index (χ0) is 27.3. The predicted octanol–water partition coefficient (Wildman–Crippen LogP) is -0.325. The highest BCUT2D eigenvalue weighted by molar-refractivity contribution is 5.94. The molecule has 0 heterocycles. The molecule has 35 heavy (non-hydrogen) atoms. The average Bonchev–Trinajstić information content (AvgIpc) is 2.75. The van der Waals surface area contributed by atoms with Crippen LogP contribution in [0.5, 0.6) is 0 Å². The Balaban J connectivity index is 5.68. The maximum atomic E-state index is 12.9. The minimum atomic E-state index is -1.43. The van der Waals surface area contributed by atoms with Crippen LogP contribution in [0.1, 0.15) is 66.2 Å². The van der Waals surface area contributed by atoms with E-state index in [9.17, 15) is 33.9 Å². The van der Waals surface area contributed by atoms with Gasteiger partial charge in [-0.15, -0.1) is 0 Å². The number of hydrogen-bond donors (Lipinski definition) is 7. The number of nitrogens with one attached hydrogen (secondary N) is 3. The van der Waals surface area contributed by atoms with Crippen molar-refractivity contribution in [3.8, 4) is 0 Å². The maximum Gasteiger partial charge on any atom is 0.326 e. The third-order valence-electron chi connectivity index (χ3n) is 5.40. The second-order valence-electron chi connectivity index (χ2n) is 8.93. The molecule has 0 rings (SSSR count). The van der Waals surface area contributed by atoms with Crippen molar-refractivity contribution in [1.29, 1.82) is 0 Å². The Hall–Kier alpha value is -3.22. The van der Waals surface area contributed by atoms with E-state index in [1.165, 1.54) is 0 Å². The fourth-order valence-electron chi connectivity index (χ4n) is 3.18. The summed E-state index contributed by atoms with van der Waals surface area (Å²) in [5, 5.41) is 34.5. The van der Waals surface area contributed by atoms with Crippen LogP contribution >= 0.6 is 0 Å². The Morgan fingerprint density at radius 3 is 1.54 bits per heavy atom. The standard InChI is InChI=1S/C22H38N4O9/c1-5-12(4)18(22(34)35)26-21(33)15(7-9-17(29)30)25-20(32)14(6-8-16(27)28)24-19(31)13(23)10-11(2)3/h11-15,18H,5-10,23H2,1-4H3,(H,24,31)(H,25,32)(H,26,33)(H,27,28)(H,29,30)(H,34,35). The third kappa shape index (κ3) is 12.7. The van der Waals surface area contributed by atoms with Gasteiger partial charge in [0, 0.05) is 12.8 Å². The number of carbonyl (C=O) groups excluding carboxylic acids is 3. The summed E-state index contributed by atoms with van der Waals surface area (Å²) in [5.74, 6) is -6.63. The molecule has 0 aliphatic carbocycles. The zero-order valence-electron chi connectivity index (χ0n) is 20.6. The van der Waals surface area contributed by atoms with Gasteiger partial charge in [-0.1, -0.05) is 34.1 Å². The molecular formula is C22H38N4O9. The Labute approximate surface area is 204 Å². The Morgan fingerprint density at radius 2 is 1.17 bits per heavy atom. The molecule has 0 aliphatic rings. The van der Waals surface area contributed by atoms with Crippen molar-refractivity contribution >= 4 is 35.6 Å². The summed E-state index contributed by atoms with van der Waals surface area (Å²) in [5.41, 5.74) is 5.83. The van der Waals surface area contributed by atoms with Crippen molar-refractivity contribution in [2.24, 2.45) is 17.6 Å². The van der Waals surface area contributed by atoms with Crippen molar-refractivity contribution in [3.63, 3.8) is 0 Å². The molecule has 13 nitrogen and oxygen atoms in total. The summed E-state index contributed by atoms with van der Waals surface area (Å²) in [6.07, 6.45) is -0.895. The summed E-state index contributed by atoms with van der Waals surface area (Å²) in [4.78, 5) is 71.7. The number of carboxylic acids is 3. The molecule has 3 amide bonds. The van der Waals surface area contributed by atoms with Crippen LogP contribution in [0.15, 0.2) is 0 Å². The number of aliphatic carboxylic acids is 3. The van der Waals surface area contributed by atoms with Crippen LogP contribution in [0.25, 0.3) is 0 Å². The van der Waals surface area contributed by atoms with E-state index in [2.05, 4.69) is 16.0 Å². The minimum Gasteiger partial charge on any atom is -0.481 e. The normalized spacial score (nSPS) is 15.3. The maximum absolute atomic E-state index is 12.9. The Morgan fingerprint density at radius 1 is 0.743 bits per heavy atom. The van der Waals surface area contributed by atoms with Crippen molar-refractivity contribution < 1.29 is 44.1 Å². The lowest BCUT2D eigenvalue weighted by Crippen LogP contribution is -2.57. The largest absolute Gasteiger partial charge is 0.481 e. The van der Waals surface area contributed by atoms with Crippen molar-refractivity contribution in [3.05, 3.63) is 0 Å². The summed E-state index contributed by atoms with van der Waals surface area (Å²) in [7, 11) is 0. The molecule has 5 unspecified atom stereocenters. The van der Waals surface area contributed by atoms with E-state index in [-0.39, 0.29) is 18.8 Å². The molecule has 0 aliphatic heterocycles. The molecule has 0 bridgehead atoms. The lowest BCUT2D eigenvalue weighted by atomic mass is 9.98. The monoisotopic (exact) mass is 502 g/mol. The molecule has 5 atom stereocenters. The molecule has 0 aromatic carbocycles. The van der Waals surface area contributed by atoms with Crippen LogP contribution in [-0.2, 0) is 28.8 Å². The SMILES string of the molecule is CCC(C)C(NC(=O)C(CCC(=O)O)NC(=O)C(CCC(=O)O)NC(=O)C(N)CC(C)C)C(=O)O. The molecule has 8 N–H and O–H groups in total. The van der Waals surface area contributed by atoms with E-state index in [1.807, 2.05) is 13.8 Å². The van der Waals surface area contributed by atoms with Crippen LogP contribution in [0, 0.1) is 11.8 Å². The van der Waals surface area contributed by atoms with Crippen LogP contribution in [0.2, 0.25) is 0 Å². The molecule has 0 fully saturated rings. The third-order valence-corrected chi connectivity index (χ3v) is 5.40. The van der Waals surface area contributed by atoms with Gasteiger partial charge < -0.3 is 37.0 Å². The van der Waals surface area contributed by atoms with E-state index < -0.39 is 78.6 Å². The summed E-state index contributed by atoms with van der Waals surface area (Å²) in [6.45, 7) is 7.03. The first-order chi connectivity index (χ1) is 16.2. The first-order valence-electron chi connectivity index (χ1n) is 11.5. The van der Waals surface area contributed by atoms with Gasteiger partial charge in [-0.3, -0.25) is 24.0 Å². The minimum absolute atomic E-state index is 0.0823. The lowest BCUT2D eigenvalue weighted by molar-refractivity contribution is -0.144. The van der Waals surface area contributed by atoms with Crippen LogP contribution < -0.4 is 21.7 Å². The molecule has 0 aromatic heterocycles. The van der Waals surface area contributed by atoms with E-state index in [0.717, 1.165) is 0 Å². The highest BCUT2D eigenvalue weighted by atomic mass is 16.4. The van der Waals surface area contributed by atoms with Crippen LogP contribution in [0.4, 0.5) is 0 Å². The first-order valence-corrected chi connectivity index (χ1v) is 11.5. The molecular weight excluding hydrogens is 464 g/mol. The quantitative estimate of drug-likeness (QED) is 0.137. The van der Waals surface area contributed by atoms with Gasteiger partial charge in [-0.05, 0) is 31.1 Å². The fraction of sp³-hybridized carbons (Fsp3) is 0.727. The predicted molar refractivity (Wildman–Crippen MR) is 124 cm³/mol. The van der Waals surface area contributed by atoms with Crippen molar-refractivity contribution in [2.45, 2.75) is 90.4 Å². The molecule has 200 valence electrons.